The Morgan fingerprint density at radius 2 is 1.89 bits per heavy atom. The van der Waals surface area contributed by atoms with Crippen molar-refractivity contribution in [1.29, 1.82) is 0 Å². The quantitative estimate of drug-likeness (QED) is 0.657. The van der Waals surface area contributed by atoms with Gasteiger partial charge in [0.2, 0.25) is 0 Å². The van der Waals surface area contributed by atoms with Crippen molar-refractivity contribution < 1.29 is 14.7 Å². The van der Waals surface area contributed by atoms with Crippen LogP contribution >= 0.6 is 0 Å². The molecule has 5 nitrogen and oxygen atoms in total. The summed E-state index contributed by atoms with van der Waals surface area (Å²) < 4.78 is 0. The van der Waals surface area contributed by atoms with Crippen molar-refractivity contribution in [2.45, 2.75) is 6.04 Å². The highest BCUT2D eigenvalue weighted by Crippen LogP contribution is 2.01. The van der Waals surface area contributed by atoms with Gasteiger partial charge >= 0.3 is 5.97 Å². The number of amides is 1. The van der Waals surface area contributed by atoms with Crippen LogP contribution in [0.3, 0.4) is 0 Å². The van der Waals surface area contributed by atoms with Crippen LogP contribution in [-0.2, 0) is 9.59 Å². The highest BCUT2D eigenvalue weighted by Gasteiger charge is 2.16. The first-order valence-electron chi connectivity index (χ1n) is 5.55. The van der Waals surface area contributed by atoms with Gasteiger partial charge in [0.15, 0.2) is 0 Å². The predicted molar refractivity (Wildman–Crippen MR) is 69.0 cm³/mol. The molecule has 18 heavy (non-hydrogen) atoms. The van der Waals surface area contributed by atoms with Gasteiger partial charge < -0.3 is 15.7 Å². The van der Waals surface area contributed by atoms with Crippen LogP contribution in [-0.4, -0.2) is 36.6 Å². The Morgan fingerprint density at radius 3 is 2.56 bits per heavy atom. The first kappa shape index (κ1) is 13.9. The number of nitrogens with one attached hydrogen (secondary N) is 2. The number of likely N-dealkylation sites (N-methyl/N-ethyl adjacent to an activating group) is 1. The number of carbonyl (C=O) groups is 2. The summed E-state index contributed by atoms with van der Waals surface area (Å²) in [6.07, 6.45) is 12.3. The van der Waals surface area contributed by atoms with Gasteiger partial charge in [-0.15, -0.1) is 0 Å². The molecule has 1 rings (SSSR count). The highest BCUT2D eigenvalue weighted by molar-refractivity contribution is 5.96. The Labute approximate surface area is 106 Å². The zero-order valence-electron chi connectivity index (χ0n) is 10.1. The number of carboxylic acid groups (broad SMARTS) is 1. The predicted octanol–water partition coefficient (Wildman–Crippen LogP) is 0.384. The summed E-state index contributed by atoms with van der Waals surface area (Å²) >= 11 is 0. The Morgan fingerprint density at radius 1 is 1.22 bits per heavy atom. The lowest BCUT2D eigenvalue weighted by Crippen LogP contribution is -2.44. The van der Waals surface area contributed by atoms with Crippen LogP contribution in [0.4, 0.5) is 0 Å². The second-order valence-electron chi connectivity index (χ2n) is 3.64. The van der Waals surface area contributed by atoms with Crippen LogP contribution in [0.2, 0.25) is 0 Å². The minimum Gasteiger partial charge on any atom is -0.480 e. The summed E-state index contributed by atoms with van der Waals surface area (Å²) in [4.78, 5) is 22.6. The zero-order valence-corrected chi connectivity index (χ0v) is 10.1. The molecule has 0 saturated carbocycles. The van der Waals surface area contributed by atoms with Gasteiger partial charge in [-0.3, -0.25) is 9.59 Å². The number of carboxylic acids is 1. The molecule has 0 bridgehead atoms. The van der Waals surface area contributed by atoms with Gasteiger partial charge in [0.05, 0.1) is 0 Å². The van der Waals surface area contributed by atoms with E-state index in [0.717, 1.165) is 0 Å². The molecule has 0 fully saturated rings. The Hall–Kier alpha value is -2.14. The fourth-order valence-electron chi connectivity index (χ4n) is 1.33. The van der Waals surface area contributed by atoms with Gasteiger partial charge in [0.1, 0.15) is 6.04 Å². The molecule has 0 radical (unpaired) electrons. The second kappa shape index (κ2) is 7.24. The number of aliphatic carboxylic acids is 1. The zero-order chi connectivity index (χ0) is 13.4. The topological polar surface area (TPSA) is 78.4 Å². The lowest BCUT2D eigenvalue weighted by molar-refractivity contribution is -0.139. The first-order chi connectivity index (χ1) is 8.65. The lowest BCUT2D eigenvalue weighted by Gasteiger charge is -2.12. The normalized spacial score (nSPS) is 23.7. The maximum atomic E-state index is 11.8. The summed E-state index contributed by atoms with van der Waals surface area (Å²) in [5.74, 6) is -1.30. The van der Waals surface area contributed by atoms with Gasteiger partial charge in [-0.05, 0) is 19.2 Å². The molecule has 1 unspecified atom stereocenters. The molecule has 0 saturated heterocycles. The van der Waals surface area contributed by atoms with Gasteiger partial charge in [0, 0.05) is 12.1 Å². The average Bonchev–Trinajstić information content (AvgIpc) is 2.28. The third-order valence-corrected chi connectivity index (χ3v) is 2.37. The van der Waals surface area contributed by atoms with E-state index in [1.807, 2.05) is 18.2 Å². The van der Waals surface area contributed by atoms with Crippen LogP contribution in [0.15, 0.2) is 48.1 Å². The Bertz CT molecular complexity index is 434. The number of allylic oxidation sites excluding steroid dienone is 6. The van der Waals surface area contributed by atoms with Crippen LogP contribution in [0.1, 0.15) is 0 Å². The van der Waals surface area contributed by atoms with E-state index >= 15 is 0 Å². The summed E-state index contributed by atoms with van der Waals surface area (Å²) in [6.45, 7) is 0.0371. The second-order valence-corrected chi connectivity index (χ2v) is 3.64. The summed E-state index contributed by atoms with van der Waals surface area (Å²) in [5, 5.41) is 14.0. The first-order valence-corrected chi connectivity index (χ1v) is 5.55. The third-order valence-electron chi connectivity index (χ3n) is 2.37. The number of hydrogen-bond acceptors (Lipinski definition) is 3. The van der Waals surface area contributed by atoms with E-state index in [4.69, 9.17) is 5.11 Å². The fourth-order valence-corrected chi connectivity index (χ4v) is 1.33. The van der Waals surface area contributed by atoms with E-state index in [0.29, 0.717) is 5.57 Å². The van der Waals surface area contributed by atoms with Gasteiger partial charge in [-0.2, -0.15) is 0 Å². The van der Waals surface area contributed by atoms with Crippen molar-refractivity contribution in [2.75, 3.05) is 13.6 Å². The molecule has 1 aliphatic rings. The molecule has 5 heteroatoms. The molecule has 1 atom stereocenters. The molecule has 3 N–H and O–H groups in total. The summed E-state index contributed by atoms with van der Waals surface area (Å²) in [6, 6.07) is -0.789. The van der Waals surface area contributed by atoms with E-state index in [1.165, 1.54) is 7.05 Å². The van der Waals surface area contributed by atoms with Gasteiger partial charge in [-0.25, -0.2) is 0 Å². The van der Waals surface area contributed by atoms with E-state index in [2.05, 4.69) is 10.6 Å². The maximum absolute atomic E-state index is 11.8. The van der Waals surface area contributed by atoms with Gasteiger partial charge in [-0.1, -0.05) is 30.4 Å². The fraction of sp³-hybridized carbons (Fsp3) is 0.231. The standard InChI is InChI=1S/C13H16N2O3/c1-14-11(13(17)18)9-15-12(16)10-7-5-3-2-4-6-8-10/h2-8,11,14H,9H2,1H3,(H,15,16)(H,17,18)/b3-2-,4-2?,5-3?,6-4-,7-5-,8-6?,10-7?,10-8+. The van der Waals surface area contributed by atoms with Crippen molar-refractivity contribution in [3.05, 3.63) is 48.1 Å². The number of hydrogen-bond donors (Lipinski definition) is 3. The van der Waals surface area contributed by atoms with Crippen molar-refractivity contribution in [2.24, 2.45) is 0 Å². The lowest BCUT2D eigenvalue weighted by atomic mass is 10.1. The van der Waals surface area contributed by atoms with Crippen LogP contribution in [0.25, 0.3) is 0 Å². The molecular weight excluding hydrogens is 232 g/mol. The summed E-state index contributed by atoms with van der Waals surface area (Å²) in [7, 11) is 1.54. The monoisotopic (exact) mass is 248 g/mol. The SMILES string of the molecule is CNC(CNC(=O)C1=C/C=C\C=C/C=C\1)C(=O)O. The van der Waals surface area contributed by atoms with Crippen LogP contribution < -0.4 is 10.6 Å². The van der Waals surface area contributed by atoms with Crippen molar-refractivity contribution in [1.82, 2.24) is 10.6 Å². The molecule has 0 aliphatic heterocycles. The molecule has 1 amide bonds. The van der Waals surface area contributed by atoms with Crippen LogP contribution in [0, 0.1) is 0 Å². The minimum atomic E-state index is -0.997. The Balaban J connectivity index is 2.57. The number of rotatable bonds is 5. The van der Waals surface area contributed by atoms with Crippen molar-refractivity contribution in [3.63, 3.8) is 0 Å². The van der Waals surface area contributed by atoms with Gasteiger partial charge in [0.25, 0.3) is 5.91 Å². The van der Waals surface area contributed by atoms with E-state index in [1.54, 1.807) is 24.3 Å². The molecule has 1 aliphatic carbocycles. The number of carbonyl (C=O) groups excluding carboxylic acids is 1. The maximum Gasteiger partial charge on any atom is 0.322 e. The molecule has 0 aromatic heterocycles. The minimum absolute atomic E-state index is 0.0371. The van der Waals surface area contributed by atoms with E-state index < -0.39 is 12.0 Å². The summed E-state index contributed by atoms with van der Waals surface area (Å²) in [5.41, 5.74) is 0.482. The van der Waals surface area contributed by atoms with Crippen molar-refractivity contribution >= 4 is 11.9 Å². The molecule has 96 valence electrons. The third kappa shape index (κ3) is 4.39. The smallest absolute Gasteiger partial charge is 0.322 e. The molecule has 0 aromatic rings. The Kier molecular flexibility index (Phi) is 5.60. The van der Waals surface area contributed by atoms with Crippen molar-refractivity contribution in [3.8, 4) is 0 Å². The molecule has 0 aromatic carbocycles. The van der Waals surface area contributed by atoms with E-state index in [-0.39, 0.29) is 12.5 Å². The van der Waals surface area contributed by atoms with E-state index in [9.17, 15) is 9.59 Å². The van der Waals surface area contributed by atoms with Crippen LogP contribution in [0.5, 0.6) is 0 Å². The average molecular weight is 248 g/mol. The molecule has 0 heterocycles. The molecule has 0 spiro atoms. The highest BCUT2D eigenvalue weighted by atomic mass is 16.4. The molecular formula is C13H16N2O3. The largest absolute Gasteiger partial charge is 0.480 e.